The van der Waals surface area contributed by atoms with E-state index in [0.29, 0.717) is 21.2 Å². The molecule has 1 heterocycles. The SMILES string of the molecule is CC(C)n1cc(C(O)c2cccc(Cl)c2Cl)cn1. The summed E-state index contributed by atoms with van der Waals surface area (Å²) in [6.45, 7) is 4.05. The van der Waals surface area contributed by atoms with E-state index in [1.54, 1.807) is 29.1 Å². The molecule has 1 aromatic carbocycles. The van der Waals surface area contributed by atoms with Gasteiger partial charge in [-0.1, -0.05) is 35.3 Å². The first-order valence-electron chi connectivity index (χ1n) is 5.66. The lowest BCUT2D eigenvalue weighted by Crippen LogP contribution is -2.02. The van der Waals surface area contributed by atoms with Crippen molar-refractivity contribution >= 4 is 23.2 Å². The lowest BCUT2D eigenvalue weighted by atomic mass is 10.0. The van der Waals surface area contributed by atoms with Crippen LogP contribution in [0.5, 0.6) is 0 Å². The Morgan fingerprint density at radius 1 is 1.28 bits per heavy atom. The molecule has 0 aliphatic rings. The van der Waals surface area contributed by atoms with E-state index >= 15 is 0 Å². The summed E-state index contributed by atoms with van der Waals surface area (Å²) in [7, 11) is 0. The first-order chi connectivity index (χ1) is 8.50. The topological polar surface area (TPSA) is 38.0 Å². The van der Waals surface area contributed by atoms with E-state index in [4.69, 9.17) is 23.2 Å². The van der Waals surface area contributed by atoms with Gasteiger partial charge in [-0.15, -0.1) is 0 Å². The van der Waals surface area contributed by atoms with E-state index in [1.807, 2.05) is 20.0 Å². The van der Waals surface area contributed by atoms with Gasteiger partial charge in [-0.2, -0.15) is 5.10 Å². The number of hydrogen-bond donors (Lipinski definition) is 1. The van der Waals surface area contributed by atoms with Crippen LogP contribution in [0.1, 0.15) is 37.1 Å². The Labute approximate surface area is 116 Å². The third-order valence-electron chi connectivity index (χ3n) is 2.74. The van der Waals surface area contributed by atoms with Gasteiger partial charge < -0.3 is 5.11 Å². The molecule has 0 aliphatic carbocycles. The molecule has 2 aromatic rings. The van der Waals surface area contributed by atoms with Gasteiger partial charge in [0.1, 0.15) is 6.10 Å². The normalized spacial score (nSPS) is 13.0. The predicted octanol–water partition coefficient (Wildman–Crippen LogP) is 3.85. The molecule has 0 radical (unpaired) electrons. The summed E-state index contributed by atoms with van der Waals surface area (Å²) in [4.78, 5) is 0. The fraction of sp³-hybridized carbons (Fsp3) is 0.308. The molecule has 1 unspecified atom stereocenters. The summed E-state index contributed by atoms with van der Waals surface area (Å²) in [6.07, 6.45) is 2.64. The van der Waals surface area contributed by atoms with Crippen LogP contribution in [0.4, 0.5) is 0 Å². The summed E-state index contributed by atoms with van der Waals surface area (Å²) in [5.41, 5.74) is 1.29. The van der Waals surface area contributed by atoms with Gasteiger partial charge in [0.25, 0.3) is 0 Å². The summed E-state index contributed by atoms with van der Waals surface area (Å²) in [6, 6.07) is 5.46. The van der Waals surface area contributed by atoms with Crippen molar-refractivity contribution in [1.29, 1.82) is 0 Å². The van der Waals surface area contributed by atoms with E-state index in [9.17, 15) is 5.11 Å². The molecule has 3 nitrogen and oxygen atoms in total. The highest BCUT2D eigenvalue weighted by Gasteiger charge is 2.17. The lowest BCUT2D eigenvalue weighted by Gasteiger charge is -2.11. The first-order valence-corrected chi connectivity index (χ1v) is 6.42. The van der Waals surface area contributed by atoms with Gasteiger partial charge in [-0.3, -0.25) is 4.68 Å². The quantitative estimate of drug-likeness (QED) is 0.930. The van der Waals surface area contributed by atoms with E-state index in [2.05, 4.69) is 5.10 Å². The minimum atomic E-state index is -0.816. The largest absolute Gasteiger partial charge is 0.383 e. The second-order valence-corrected chi connectivity index (χ2v) is 5.18. The number of halogens is 2. The minimum Gasteiger partial charge on any atom is -0.383 e. The number of benzene rings is 1. The van der Waals surface area contributed by atoms with Crippen LogP contribution >= 0.6 is 23.2 Å². The molecule has 0 fully saturated rings. The first kappa shape index (κ1) is 13.4. The van der Waals surface area contributed by atoms with E-state index in [0.717, 1.165) is 0 Å². The zero-order chi connectivity index (χ0) is 13.3. The van der Waals surface area contributed by atoms with Gasteiger partial charge in [-0.25, -0.2) is 0 Å². The van der Waals surface area contributed by atoms with Crippen LogP contribution in [-0.4, -0.2) is 14.9 Å². The minimum absolute atomic E-state index is 0.251. The Bertz CT molecular complexity index is 552. The van der Waals surface area contributed by atoms with Gasteiger partial charge in [0, 0.05) is 23.4 Å². The maximum absolute atomic E-state index is 10.3. The zero-order valence-corrected chi connectivity index (χ0v) is 11.7. The maximum atomic E-state index is 10.3. The zero-order valence-electron chi connectivity index (χ0n) is 10.1. The predicted molar refractivity (Wildman–Crippen MR) is 73.1 cm³/mol. The monoisotopic (exact) mass is 284 g/mol. The molecular formula is C13H14Cl2N2O. The molecule has 0 bridgehead atoms. The second-order valence-electron chi connectivity index (χ2n) is 4.39. The molecule has 1 N–H and O–H groups in total. The molecule has 0 saturated carbocycles. The van der Waals surface area contributed by atoms with E-state index in [-0.39, 0.29) is 6.04 Å². The van der Waals surface area contributed by atoms with Crippen LogP contribution < -0.4 is 0 Å². The lowest BCUT2D eigenvalue weighted by molar-refractivity contribution is 0.220. The Hall–Kier alpha value is -1.03. The molecule has 96 valence electrons. The molecule has 1 atom stereocenters. The second kappa shape index (κ2) is 5.31. The Balaban J connectivity index is 2.35. The third kappa shape index (κ3) is 2.53. The Morgan fingerprint density at radius 3 is 2.61 bits per heavy atom. The summed E-state index contributed by atoms with van der Waals surface area (Å²) >= 11 is 12.0. The van der Waals surface area contributed by atoms with E-state index < -0.39 is 6.10 Å². The highest BCUT2D eigenvalue weighted by Crippen LogP contribution is 2.33. The molecule has 0 spiro atoms. The van der Waals surface area contributed by atoms with Gasteiger partial charge >= 0.3 is 0 Å². The number of aliphatic hydroxyl groups excluding tert-OH is 1. The van der Waals surface area contributed by atoms with E-state index in [1.165, 1.54) is 0 Å². The van der Waals surface area contributed by atoms with Gasteiger partial charge in [0.05, 0.1) is 16.2 Å². The smallest absolute Gasteiger partial charge is 0.109 e. The van der Waals surface area contributed by atoms with Gasteiger partial charge in [0.15, 0.2) is 0 Å². The van der Waals surface area contributed by atoms with Crippen LogP contribution in [0.25, 0.3) is 0 Å². The number of aromatic nitrogens is 2. The van der Waals surface area contributed by atoms with Crippen molar-refractivity contribution < 1.29 is 5.11 Å². The third-order valence-corrected chi connectivity index (χ3v) is 3.58. The fourth-order valence-electron chi connectivity index (χ4n) is 1.69. The van der Waals surface area contributed by atoms with Crippen molar-refractivity contribution in [2.24, 2.45) is 0 Å². The average Bonchev–Trinajstić information content (AvgIpc) is 2.81. The van der Waals surface area contributed by atoms with Gasteiger partial charge in [0.2, 0.25) is 0 Å². The Morgan fingerprint density at radius 2 is 2.00 bits per heavy atom. The molecule has 2 rings (SSSR count). The van der Waals surface area contributed by atoms with Crippen LogP contribution in [0.3, 0.4) is 0 Å². The van der Waals surface area contributed by atoms with Crippen LogP contribution in [0, 0.1) is 0 Å². The van der Waals surface area contributed by atoms with Crippen molar-refractivity contribution in [2.45, 2.75) is 26.0 Å². The van der Waals surface area contributed by atoms with Crippen LogP contribution in [-0.2, 0) is 0 Å². The van der Waals surface area contributed by atoms with Crippen molar-refractivity contribution in [3.63, 3.8) is 0 Å². The van der Waals surface area contributed by atoms with Crippen molar-refractivity contribution in [2.75, 3.05) is 0 Å². The number of nitrogens with zero attached hydrogens (tertiary/aromatic N) is 2. The molecule has 0 amide bonds. The summed E-state index contributed by atoms with van der Waals surface area (Å²) < 4.78 is 1.79. The summed E-state index contributed by atoms with van der Waals surface area (Å²) in [5, 5.41) is 15.3. The molecule has 0 saturated heterocycles. The average molecular weight is 285 g/mol. The molecule has 5 heteroatoms. The number of hydrogen-bond acceptors (Lipinski definition) is 2. The standard InChI is InChI=1S/C13H14Cl2N2O/c1-8(2)17-7-9(6-16-17)13(18)10-4-3-5-11(14)12(10)15/h3-8,13,18H,1-2H3. The highest BCUT2D eigenvalue weighted by atomic mass is 35.5. The molecule has 1 aromatic heterocycles. The molecule has 18 heavy (non-hydrogen) atoms. The summed E-state index contributed by atoms with van der Waals surface area (Å²) in [5.74, 6) is 0. The molecular weight excluding hydrogens is 271 g/mol. The van der Waals surface area contributed by atoms with Crippen molar-refractivity contribution in [3.05, 3.63) is 51.8 Å². The van der Waals surface area contributed by atoms with Crippen LogP contribution in [0.2, 0.25) is 10.0 Å². The van der Waals surface area contributed by atoms with Crippen LogP contribution in [0.15, 0.2) is 30.6 Å². The Kier molecular flexibility index (Phi) is 3.95. The molecule has 0 aliphatic heterocycles. The number of aliphatic hydroxyl groups is 1. The number of rotatable bonds is 3. The maximum Gasteiger partial charge on any atom is 0.109 e. The van der Waals surface area contributed by atoms with Gasteiger partial charge in [-0.05, 0) is 19.9 Å². The highest BCUT2D eigenvalue weighted by molar-refractivity contribution is 6.42. The fourth-order valence-corrected chi connectivity index (χ4v) is 2.10. The van der Waals surface area contributed by atoms with Crippen molar-refractivity contribution in [1.82, 2.24) is 9.78 Å². The van der Waals surface area contributed by atoms with Crippen molar-refractivity contribution in [3.8, 4) is 0 Å².